The van der Waals surface area contributed by atoms with Gasteiger partial charge in [0.15, 0.2) is 0 Å². The Morgan fingerprint density at radius 3 is 2.85 bits per heavy atom. The Kier molecular flexibility index (Phi) is 1.89. The average molecular weight is 173 g/mol. The van der Waals surface area contributed by atoms with E-state index in [4.69, 9.17) is 10.1 Å². The molecule has 0 saturated carbocycles. The predicted molar refractivity (Wildman–Crippen MR) is 52.9 cm³/mol. The summed E-state index contributed by atoms with van der Waals surface area (Å²) in [4.78, 5) is 0. The van der Waals surface area contributed by atoms with Gasteiger partial charge in [-0.05, 0) is 11.6 Å². The predicted octanol–water partition coefficient (Wildman–Crippen LogP) is 2.45. The third-order valence-corrected chi connectivity index (χ3v) is 2.22. The first kappa shape index (κ1) is 8.05. The highest BCUT2D eigenvalue weighted by Crippen LogP contribution is 2.23. The van der Waals surface area contributed by atoms with Crippen molar-refractivity contribution in [1.29, 1.82) is 5.41 Å². The highest BCUT2D eigenvalue weighted by molar-refractivity contribution is 6.04. The van der Waals surface area contributed by atoms with Gasteiger partial charge in [-0.2, -0.15) is 0 Å². The van der Waals surface area contributed by atoms with Crippen LogP contribution in [0.4, 0.5) is 0 Å². The fourth-order valence-corrected chi connectivity index (χ4v) is 1.52. The van der Waals surface area contributed by atoms with Crippen LogP contribution in [-0.2, 0) is 4.74 Å². The van der Waals surface area contributed by atoms with Crippen LogP contribution in [0.25, 0.3) is 6.08 Å². The molecule has 0 radical (unpaired) electrons. The number of methoxy groups -OCH3 is 1. The van der Waals surface area contributed by atoms with Crippen molar-refractivity contribution >= 4 is 11.8 Å². The molecule has 0 heterocycles. The number of ether oxygens (including phenoxy) is 1. The lowest BCUT2D eigenvalue weighted by molar-refractivity contribution is 0.291. The minimum atomic E-state index is 0.605. The highest BCUT2D eigenvalue weighted by Gasteiger charge is 2.14. The molecule has 1 aliphatic rings. The van der Waals surface area contributed by atoms with Crippen molar-refractivity contribution in [3.63, 3.8) is 0 Å². The zero-order valence-corrected chi connectivity index (χ0v) is 7.50. The molecule has 0 spiro atoms. The second kappa shape index (κ2) is 3.05. The van der Waals surface area contributed by atoms with Gasteiger partial charge in [0.05, 0.1) is 7.11 Å². The SMILES string of the molecule is COC1=Cc2ccccc2C(=N)C1. The molecular weight excluding hydrogens is 162 g/mol. The standard InChI is InChI=1S/C11H11NO/c1-13-9-6-8-4-2-3-5-10(8)11(12)7-9/h2-6,12H,7H2,1H3. The lowest BCUT2D eigenvalue weighted by Gasteiger charge is -2.15. The molecule has 0 fully saturated rings. The topological polar surface area (TPSA) is 33.1 Å². The van der Waals surface area contributed by atoms with E-state index in [9.17, 15) is 0 Å². The van der Waals surface area contributed by atoms with E-state index in [1.807, 2.05) is 30.3 Å². The zero-order valence-electron chi connectivity index (χ0n) is 7.50. The molecule has 0 bridgehead atoms. The van der Waals surface area contributed by atoms with E-state index in [1.165, 1.54) is 0 Å². The molecule has 1 N–H and O–H groups in total. The lowest BCUT2D eigenvalue weighted by Crippen LogP contribution is -2.08. The van der Waals surface area contributed by atoms with E-state index in [-0.39, 0.29) is 0 Å². The molecule has 0 aromatic heterocycles. The monoisotopic (exact) mass is 173 g/mol. The summed E-state index contributed by atoms with van der Waals surface area (Å²) in [5.41, 5.74) is 2.73. The summed E-state index contributed by atoms with van der Waals surface area (Å²) in [6, 6.07) is 7.91. The lowest BCUT2D eigenvalue weighted by atomic mass is 9.95. The maximum atomic E-state index is 7.78. The van der Waals surface area contributed by atoms with Crippen LogP contribution in [0.5, 0.6) is 0 Å². The minimum Gasteiger partial charge on any atom is -0.501 e. The molecule has 0 unspecified atom stereocenters. The van der Waals surface area contributed by atoms with Gasteiger partial charge in [0.25, 0.3) is 0 Å². The van der Waals surface area contributed by atoms with E-state index in [0.717, 1.165) is 16.9 Å². The van der Waals surface area contributed by atoms with Crippen LogP contribution in [0.2, 0.25) is 0 Å². The normalized spacial score (nSPS) is 14.8. The summed E-state index contributed by atoms with van der Waals surface area (Å²) >= 11 is 0. The maximum absolute atomic E-state index is 7.78. The van der Waals surface area contributed by atoms with E-state index < -0.39 is 0 Å². The smallest absolute Gasteiger partial charge is 0.102 e. The number of hydrogen-bond acceptors (Lipinski definition) is 2. The van der Waals surface area contributed by atoms with Crippen molar-refractivity contribution in [1.82, 2.24) is 0 Å². The summed E-state index contributed by atoms with van der Waals surface area (Å²) in [5.74, 6) is 0.865. The molecular formula is C11H11NO. The number of nitrogens with one attached hydrogen (secondary N) is 1. The number of rotatable bonds is 1. The van der Waals surface area contributed by atoms with Crippen LogP contribution < -0.4 is 0 Å². The molecule has 0 saturated heterocycles. The fourth-order valence-electron chi connectivity index (χ4n) is 1.52. The third kappa shape index (κ3) is 1.35. The quantitative estimate of drug-likeness (QED) is 0.695. The molecule has 13 heavy (non-hydrogen) atoms. The molecule has 1 aliphatic carbocycles. The van der Waals surface area contributed by atoms with Crippen LogP contribution in [0.1, 0.15) is 17.5 Å². The van der Waals surface area contributed by atoms with Gasteiger partial charge in [-0.1, -0.05) is 24.3 Å². The summed E-state index contributed by atoms with van der Waals surface area (Å²) < 4.78 is 5.14. The van der Waals surface area contributed by atoms with Crippen molar-refractivity contribution in [3.8, 4) is 0 Å². The third-order valence-electron chi connectivity index (χ3n) is 2.22. The Balaban J connectivity index is 2.53. The molecule has 1 aromatic rings. The second-order valence-electron chi connectivity index (χ2n) is 3.06. The Labute approximate surface area is 77.4 Å². The van der Waals surface area contributed by atoms with E-state index in [1.54, 1.807) is 7.11 Å². The van der Waals surface area contributed by atoms with Crippen LogP contribution in [0, 0.1) is 5.41 Å². The van der Waals surface area contributed by atoms with Crippen molar-refractivity contribution in [2.24, 2.45) is 0 Å². The first-order valence-corrected chi connectivity index (χ1v) is 4.22. The van der Waals surface area contributed by atoms with Gasteiger partial charge in [-0.15, -0.1) is 0 Å². The van der Waals surface area contributed by atoms with Gasteiger partial charge >= 0.3 is 0 Å². The van der Waals surface area contributed by atoms with Gasteiger partial charge in [-0.3, -0.25) is 0 Å². The molecule has 2 nitrogen and oxygen atoms in total. The second-order valence-corrected chi connectivity index (χ2v) is 3.06. The molecule has 2 rings (SSSR count). The summed E-state index contributed by atoms with van der Waals surface area (Å²) in [5, 5.41) is 7.78. The highest BCUT2D eigenvalue weighted by atomic mass is 16.5. The molecule has 1 aromatic carbocycles. The first-order valence-electron chi connectivity index (χ1n) is 4.22. The summed E-state index contributed by atoms with van der Waals surface area (Å²) in [7, 11) is 1.65. The van der Waals surface area contributed by atoms with E-state index >= 15 is 0 Å². The van der Waals surface area contributed by atoms with Gasteiger partial charge in [0.2, 0.25) is 0 Å². The minimum absolute atomic E-state index is 0.605. The van der Waals surface area contributed by atoms with Crippen LogP contribution in [-0.4, -0.2) is 12.8 Å². The Morgan fingerprint density at radius 1 is 1.31 bits per heavy atom. The largest absolute Gasteiger partial charge is 0.501 e. The van der Waals surface area contributed by atoms with Gasteiger partial charge < -0.3 is 10.1 Å². The maximum Gasteiger partial charge on any atom is 0.102 e. The van der Waals surface area contributed by atoms with E-state index in [0.29, 0.717) is 12.1 Å². The molecule has 66 valence electrons. The number of benzene rings is 1. The van der Waals surface area contributed by atoms with Crippen LogP contribution >= 0.6 is 0 Å². The van der Waals surface area contributed by atoms with Crippen molar-refractivity contribution in [3.05, 3.63) is 41.2 Å². The Morgan fingerprint density at radius 2 is 2.08 bits per heavy atom. The van der Waals surface area contributed by atoms with E-state index in [2.05, 4.69) is 0 Å². The summed E-state index contributed by atoms with van der Waals surface area (Å²) in [6.07, 6.45) is 2.60. The molecule has 0 aliphatic heterocycles. The number of hydrogen-bond donors (Lipinski definition) is 1. The van der Waals surface area contributed by atoms with Crippen LogP contribution in [0.3, 0.4) is 0 Å². The van der Waals surface area contributed by atoms with Gasteiger partial charge in [0, 0.05) is 17.7 Å². The first-order chi connectivity index (χ1) is 6.31. The Hall–Kier alpha value is -1.57. The fraction of sp³-hybridized carbons (Fsp3) is 0.182. The van der Waals surface area contributed by atoms with Gasteiger partial charge in [-0.25, -0.2) is 0 Å². The van der Waals surface area contributed by atoms with Crippen molar-refractivity contribution in [2.45, 2.75) is 6.42 Å². The Bertz CT molecular complexity index is 379. The number of allylic oxidation sites excluding steroid dienone is 1. The van der Waals surface area contributed by atoms with Crippen molar-refractivity contribution in [2.75, 3.05) is 7.11 Å². The molecule has 2 heteroatoms. The van der Waals surface area contributed by atoms with Crippen LogP contribution in [0.15, 0.2) is 30.0 Å². The molecule has 0 amide bonds. The number of fused-ring (bicyclic) bond motifs is 1. The van der Waals surface area contributed by atoms with Gasteiger partial charge in [0.1, 0.15) is 5.76 Å². The molecule has 0 atom stereocenters. The van der Waals surface area contributed by atoms with Crippen molar-refractivity contribution < 1.29 is 4.74 Å². The zero-order chi connectivity index (χ0) is 9.26. The summed E-state index contributed by atoms with van der Waals surface area (Å²) in [6.45, 7) is 0. The average Bonchev–Trinajstić information content (AvgIpc) is 2.18.